The van der Waals surface area contributed by atoms with E-state index in [-0.39, 0.29) is 42.9 Å². The number of hydrogen-bond donors (Lipinski definition) is 2. The molecule has 258 valence electrons. The van der Waals surface area contributed by atoms with E-state index in [4.69, 9.17) is 11.6 Å². The van der Waals surface area contributed by atoms with Crippen LogP contribution in [0.3, 0.4) is 0 Å². The van der Waals surface area contributed by atoms with Crippen LogP contribution in [-0.2, 0) is 24.6 Å². The van der Waals surface area contributed by atoms with Gasteiger partial charge in [-0.15, -0.1) is 0 Å². The van der Waals surface area contributed by atoms with Gasteiger partial charge in [-0.1, -0.05) is 56.9 Å². The zero-order chi connectivity index (χ0) is 33.9. The summed E-state index contributed by atoms with van der Waals surface area (Å²) in [6.07, 6.45) is 13.0. The zero-order valence-corrected chi connectivity index (χ0v) is 29.2. The Hall–Kier alpha value is -2.80. The Balaban J connectivity index is 0.000000238. The van der Waals surface area contributed by atoms with E-state index in [0.29, 0.717) is 17.7 Å². The van der Waals surface area contributed by atoms with Crippen LogP contribution in [0.15, 0.2) is 36.4 Å². The van der Waals surface area contributed by atoms with E-state index < -0.39 is 33.7 Å². The number of para-hydroxylation sites is 2. The topological polar surface area (TPSA) is 142 Å². The van der Waals surface area contributed by atoms with E-state index in [1.165, 1.54) is 50.2 Å². The summed E-state index contributed by atoms with van der Waals surface area (Å²) in [6.45, 7) is 1.96. The molecule has 2 aromatic rings. The first-order valence-electron chi connectivity index (χ1n) is 16.9. The van der Waals surface area contributed by atoms with Gasteiger partial charge in [-0.25, -0.2) is 9.71 Å². The van der Waals surface area contributed by atoms with Crippen molar-refractivity contribution in [2.75, 3.05) is 20.6 Å². The predicted octanol–water partition coefficient (Wildman–Crippen LogP) is 4.80. The molecule has 1 saturated heterocycles. The summed E-state index contributed by atoms with van der Waals surface area (Å²) in [5.41, 5.74) is 1.04. The molecule has 3 heterocycles. The zero-order valence-electron chi connectivity index (χ0n) is 27.6. The van der Waals surface area contributed by atoms with Crippen molar-refractivity contribution in [1.82, 2.24) is 23.5 Å². The fourth-order valence-corrected chi connectivity index (χ4v) is 8.25. The smallest absolute Gasteiger partial charge is 0.303 e. The van der Waals surface area contributed by atoms with Crippen LogP contribution >= 0.6 is 11.6 Å². The number of nitrogens with one attached hydrogen (secondary N) is 1. The largest absolute Gasteiger partial charge is 0.391 e. The molecule has 2 aliphatic heterocycles. The van der Waals surface area contributed by atoms with Gasteiger partial charge in [-0.05, 0) is 68.2 Å². The van der Waals surface area contributed by atoms with Gasteiger partial charge in [0.25, 0.3) is 0 Å². The van der Waals surface area contributed by atoms with Crippen LogP contribution in [0.4, 0.5) is 0 Å². The van der Waals surface area contributed by atoms with E-state index in [1.807, 2.05) is 37.3 Å². The molecular formula is C34H48ClN5O6S. The predicted molar refractivity (Wildman–Crippen MR) is 181 cm³/mol. The quantitative estimate of drug-likeness (QED) is 0.440. The van der Waals surface area contributed by atoms with E-state index >= 15 is 0 Å². The Labute approximate surface area is 282 Å². The van der Waals surface area contributed by atoms with Crippen molar-refractivity contribution in [3.63, 3.8) is 0 Å². The van der Waals surface area contributed by atoms with Gasteiger partial charge in [-0.2, -0.15) is 12.7 Å². The summed E-state index contributed by atoms with van der Waals surface area (Å²) in [7, 11) is -1.34. The molecule has 0 bridgehead atoms. The van der Waals surface area contributed by atoms with Gasteiger partial charge >= 0.3 is 10.2 Å². The van der Waals surface area contributed by atoms with Crippen LogP contribution in [0.2, 0.25) is 5.28 Å². The van der Waals surface area contributed by atoms with Crippen LogP contribution < -0.4 is 4.72 Å². The van der Waals surface area contributed by atoms with Gasteiger partial charge < -0.3 is 14.6 Å². The molecule has 0 radical (unpaired) electrons. The highest BCUT2D eigenvalue weighted by Crippen LogP contribution is 2.57. The molecule has 0 unspecified atom stereocenters. The lowest BCUT2D eigenvalue weighted by atomic mass is 9.91. The number of benzene rings is 1. The van der Waals surface area contributed by atoms with Crippen molar-refractivity contribution in [2.24, 2.45) is 17.3 Å². The number of rotatable bonds is 4. The number of hydrogen-bond acceptors (Lipinski definition) is 7. The summed E-state index contributed by atoms with van der Waals surface area (Å²) >= 11 is 6.20. The van der Waals surface area contributed by atoms with Crippen molar-refractivity contribution in [3.8, 4) is 0 Å². The molecule has 2 saturated carbocycles. The lowest BCUT2D eigenvalue weighted by molar-refractivity contribution is -0.141. The van der Waals surface area contributed by atoms with Crippen molar-refractivity contribution in [3.05, 3.63) is 41.7 Å². The summed E-state index contributed by atoms with van der Waals surface area (Å²) in [6, 6.07) is 7.95. The number of amides is 2. The van der Waals surface area contributed by atoms with E-state index in [1.54, 1.807) is 0 Å². The average molecular weight is 690 g/mol. The minimum atomic E-state index is -3.99. The standard InChI is InChI=1S/C22H35N3O6S.C12H13ClN2/c1-15-9-7-5-4-6-8-10-16-12-22(16,21(29)23-32(30,31)24(2)3)13-19(27)18-11-17(26)14-25(18)20(15)28;13-12-14-10-7-3-4-8-11(10)15(12)9-5-1-2-6-9/h8,10,15-18,26H,4-7,9,11-14H2,1-3H3,(H,23,29);3-4,7-9H,1-2,5-6H2/b10-8-;/t15-,16+,17+,18-,22+;/m0./s1. The molecule has 2 N–H and O–H groups in total. The first kappa shape index (κ1) is 35.5. The molecule has 1 aromatic heterocycles. The number of Topliss-reactive ketones (excluding diaryl/α,β-unsaturated/α-hetero) is 1. The third kappa shape index (κ3) is 7.92. The van der Waals surface area contributed by atoms with Gasteiger partial charge in [0, 0.05) is 45.4 Å². The molecule has 0 spiro atoms. The number of allylic oxidation sites excluding steroid dienone is 2. The molecule has 13 heteroatoms. The van der Waals surface area contributed by atoms with Crippen LogP contribution in [-0.4, -0.2) is 82.7 Å². The number of aromatic nitrogens is 2. The maximum Gasteiger partial charge on any atom is 0.303 e. The number of aliphatic hydroxyl groups is 1. The number of nitrogens with zero attached hydrogens (tertiary/aromatic N) is 4. The number of imidazole rings is 1. The Morgan fingerprint density at radius 2 is 1.79 bits per heavy atom. The fraction of sp³-hybridized carbons (Fsp3) is 0.647. The number of halogens is 1. The Morgan fingerprint density at radius 1 is 1.09 bits per heavy atom. The van der Waals surface area contributed by atoms with Gasteiger partial charge in [0.05, 0.1) is 28.6 Å². The number of fused-ring (bicyclic) bond motifs is 3. The van der Waals surface area contributed by atoms with Gasteiger partial charge in [-0.3, -0.25) is 14.4 Å². The third-order valence-electron chi connectivity index (χ3n) is 10.3. The first-order chi connectivity index (χ1) is 22.3. The second-order valence-corrected chi connectivity index (χ2v) is 16.1. The maximum absolute atomic E-state index is 13.3. The number of aliphatic hydroxyl groups excluding tert-OH is 1. The van der Waals surface area contributed by atoms with Crippen molar-refractivity contribution < 1.29 is 27.9 Å². The highest BCUT2D eigenvalue weighted by Gasteiger charge is 2.61. The summed E-state index contributed by atoms with van der Waals surface area (Å²) in [5, 5.41) is 10.8. The van der Waals surface area contributed by atoms with E-state index in [2.05, 4.69) is 20.3 Å². The molecule has 47 heavy (non-hydrogen) atoms. The molecule has 2 amide bonds. The SMILES string of the molecule is C[C@H]1CCCCC/C=C\[C@@H]2C[C@@]2(C(=O)NS(=O)(=O)N(C)C)CC(=O)[C@@H]2C[C@@H](O)CN2C1=O.Clc1nc2ccccc2n1C1CCCC1. The average Bonchev–Trinajstić information content (AvgIpc) is 3.37. The molecule has 6 rings (SSSR count). The monoisotopic (exact) mass is 689 g/mol. The second kappa shape index (κ2) is 14.8. The first-order valence-corrected chi connectivity index (χ1v) is 18.7. The van der Waals surface area contributed by atoms with Crippen molar-refractivity contribution in [1.29, 1.82) is 0 Å². The summed E-state index contributed by atoms with van der Waals surface area (Å²) in [5.74, 6) is -1.61. The Bertz CT molecular complexity index is 1600. The maximum atomic E-state index is 13.3. The Kier molecular flexibility index (Phi) is 11.1. The molecular weight excluding hydrogens is 642 g/mol. The minimum Gasteiger partial charge on any atom is -0.391 e. The van der Waals surface area contributed by atoms with Gasteiger partial charge in [0.2, 0.25) is 17.1 Å². The lowest BCUT2D eigenvalue weighted by Crippen LogP contribution is -2.47. The van der Waals surface area contributed by atoms with Crippen LogP contribution in [0.25, 0.3) is 11.0 Å². The minimum absolute atomic E-state index is 0.108. The summed E-state index contributed by atoms with van der Waals surface area (Å²) in [4.78, 5) is 45.2. The molecule has 1 aromatic carbocycles. The van der Waals surface area contributed by atoms with Crippen LogP contribution in [0.5, 0.6) is 0 Å². The Morgan fingerprint density at radius 3 is 2.51 bits per heavy atom. The second-order valence-electron chi connectivity index (χ2n) is 13.9. The number of ketones is 1. The highest BCUT2D eigenvalue weighted by atomic mass is 35.5. The van der Waals surface area contributed by atoms with E-state index in [0.717, 1.165) is 41.9 Å². The molecule has 5 atom stereocenters. The van der Waals surface area contributed by atoms with Crippen LogP contribution in [0, 0.1) is 17.3 Å². The fourth-order valence-electron chi connectivity index (χ4n) is 7.31. The van der Waals surface area contributed by atoms with Crippen molar-refractivity contribution in [2.45, 2.75) is 102 Å². The lowest BCUT2D eigenvalue weighted by Gasteiger charge is -2.28. The third-order valence-corrected chi connectivity index (χ3v) is 11.9. The van der Waals surface area contributed by atoms with Gasteiger partial charge in [0.1, 0.15) is 0 Å². The molecule has 4 aliphatic rings. The van der Waals surface area contributed by atoms with Crippen molar-refractivity contribution >= 4 is 50.4 Å². The summed E-state index contributed by atoms with van der Waals surface area (Å²) < 4.78 is 29.7. The molecule has 3 fully saturated rings. The number of carbonyl (C=O) groups is 3. The highest BCUT2D eigenvalue weighted by molar-refractivity contribution is 7.87. The normalized spacial score (nSPS) is 29.8. The van der Waals surface area contributed by atoms with Gasteiger partial charge in [0.15, 0.2) is 5.78 Å². The van der Waals surface area contributed by atoms with Crippen LogP contribution in [0.1, 0.15) is 90.0 Å². The molecule has 11 nitrogen and oxygen atoms in total. The van der Waals surface area contributed by atoms with E-state index in [9.17, 15) is 27.9 Å². The molecule has 2 aliphatic carbocycles. The number of carbonyl (C=O) groups excluding carboxylic acids is 3.